The van der Waals surface area contributed by atoms with Crippen molar-refractivity contribution >= 4 is 5.69 Å². The van der Waals surface area contributed by atoms with Gasteiger partial charge in [0.1, 0.15) is 0 Å². The van der Waals surface area contributed by atoms with Crippen LogP contribution >= 0.6 is 0 Å². The number of nitrogens with two attached hydrogens (primary N) is 1. The second kappa shape index (κ2) is 6.23. The van der Waals surface area contributed by atoms with Crippen molar-refractivity contribution in [3.63, 3.8) is 0 Å². The van der Waals surface area contributed by atoms with Gasteiger partial charge >= 0.3 is 6.18 Å². The summed E-state index contributed by atoms with van der Waals surface area (Å²) in [6.07, 6.45) is -2.38. The summed E-state index contributed by atoms with van der Waals surface area (Å²) in [6, 6.07) is 4.38. The van der Waals surface area contributed by atoms with Gasteiger partial charge in [0.2, 0.25) is 0 Å². The number of likely N-dealkylation sites (tertiary alicyclic amines) is 1. The molecule has 118 valence electrons. The number of alkyl halides is 3. The average molecular weight is 301 g/mol. The molecular weight excluding hydrogens is 279 g/mol. The van der Waals surface area contributed by atoms with Gasteiger partial charge in [0.25, 0.3) is 0 Å². The van der Waals surface area contributed by atoms with Crippen molar-refractivity contribution in [2.45, 2.75) is 31.6 Å². The third kappa shape index (κ3) is 4.11. The summed E-state index contributed by atoms with van der Waals surface area (Å²) in [5.74, 6) is 0. The lowest BCUT2D eigenvalue weighted by Crippen LogP contribution is -2.41. The normalized spacial score (nSPS) is 18.4. The number of halogens is 3. The smallest absolute Gasteiger partial charge is 0.399 e. The number of nitrogen functional groups attached to an aromatic ring is 1. The fourth-order valence-electron chi connectivity index (χ4n) is 2.83. The molecule has 6 heteroatoms. The Morgan fingerprint density at radius 1 is 1.29 bits per heavy atom. The van der Waals surface area contributed by atoms with Crippen molar-refractivity contribution in [3.8, 4) is 0 Å². The molecule has 1 saturated heterocycles. The zero-order valence-corrected chi connectivity index (χ0v) is 12.5. The Kier molecular flexibility index (Phi) is 4.78. The summed E-state index contributed by atoms with van der Waals surface area (Å²) < 4.78 is 39.3. The maximum Gasteiger partial charge on any atom is 0.416 e. The molecule has 0 aromatic heterocycles. The van der Waals surface area contributed by atoms with Crippen LogP contribution in [-0.4, -0.2) is 43.0 Å². The Labute approximate surface area is 123 Å². The summed E-state index contributed by atoms with van der Waals surface area (Å²) in [5, 5.41) is 0. The zero-order valence-electron chi connectivity index (χ0n) is 12.5. The summed E-state index contributed by atoms with van der Waals surface area (Å²) in [6.45, 7) is 2.27. The molecule has 1 fully saturated rings. The Balaban J connectivity index is 2.12. The Bertz CT molecular complexity index is 480. The zero-order chi connectivity index (χ0) is 15.6. The van der Waals surface area contributed by atoms with Gasteiger partial charge in [-0.2, -0.15) is 13.2 Å². The monoisotopic (exact) mass is 301 g/mol. The number of anilines is 1. The van der Waals surface area contributed by atoms with Crippen molar-refractivity contribution in [2.75, 3.05) is 32.9 Å². The van der Waals surface area contributed by atoms with Crippen LogP contribution in [0.3, 0.4) is 0 Å². The minimum absolute atomic E-state index is 0.146. The summed E-state index contributed by atoms with van der Waals surface area (Å²) in [4.78, 5) is 4.27. The van der Waals surface area contributed by atoms with E-state index in [2.05, 4.69) is 11.9 Å². The average Bonchev–Trinajstić information content (AvgIpc) is 2.40. The van der Waals surface area contributed by atoms with E-state index in [0.29, 0.717) is 12.6 Å². The van der Waals surface area contributed by atoms with E-state index in [-0.39, 0.29) is 11.3 Å². The Morgan fingerprint density at radius 2 is 1.90 bits per heavy atom. The van der Waals surface area contributed by atoms with Crippen molar-refractivity contribution in [1.82, 2.24) is 9.80 Å². The maximum atomic E-state index is 13.1. The van der Waals surface area contributed by atoms with Crippen LogP contribution in [0, 0.1) is 0 Å². The van der Waals surface area contributed by atoms with Crippen molar-refractivity contribution in [3.05, 3.63) is 29.3 Å². The number of rotatable bonds is 3. The van der Waals surface area contributed by atoms with E-state index >= 15 is 0 Å². The molecular formula is C15H22F3N3. The number of benzene rings is 1. The number of hydrogen-bond donors (Lipinski definition) is 1. The van der Waals surface area contributed by atoms with Crippen LogP contribution in [0.4, 0.5) is 18.9 Å². The van der Waals surface area contributed by atoms with Gasteiger partial charge in [-0.3, -0.25) is 4.90 Å². The SMILES string of the molecule is CN1CCC(N(C)Cc2ccc(N)cc2C(F)(F)F)CC1. The lowest BCUT2D eigenvalue weighted by Gasteiger charge is -2.35. The molecule has 0 atom stereocenters. The van der Waals surface area contributed by atoms with Gasteiger partial charge in [-0.25, -0.2) is 0 Å². The molecule has 1 aromatic carbocycles. The number of nitrogens with zero attached hydrogens (tertiary/aromatic N) is 2. The number of hydrogen-bond acceptors (Lipinski definition) is 3. The first kappa shape index (κ1) is 16.1. The standard InChI is InChI=1S/C15H22F3N3/c1-20-7-5-13(6-8-20)21(2)10-11-3-4-12(19)9-14(11)15(16,17)18/h3-4,9,13H,5-8,10,19H2,1-2H3. The van der Waals surface area contributed by atoms with E-state index in [9.17, 15) is 13.2 Å². The largest absolute Gasteiger partial charge is 0.416 e. The van der Waals surface area contributed by atoms with Gasteiger partial charge in [-0.15, -0.1) is 0 Å². The van der Waals surface area contributed by atoms with E-state index in [4.69, 9.17) is 5.73 Å². The highest BCUT2D eigenvalue weighted by molar-refractivity contribution is 5.46. The quantitative estimate of drug-likeness (QED) is 0.871. The third-order valence-corrected chi connectivity index (χ3v) is 4.17. The van der Waals surface area contributed by atoms with Crippen LogP contribution in [0.15, 0.2) is 18.2 Å². The lowest BCUT2D eigenvalue weighted by atomic mass is 10.0. The fraction of sp³-hybridized carbons (Fsp3) is 0.600. The van der Waals surface area contributed by atoms with Crippen LogP contribution < -0.4 is 5.73 Å². The molecule has 0 bridgehead atoms. The highest BCUT2D eigenvalue weighted by atomic mass is 19.4. The first-order chi connectivity index (χ1) is 9.77. The highest BCUT2D eigenvalue weighted by Gasteiger charge is 2.34. The van der Waals surface area contributed by atoms with E-state index in [1.165, 1.54) is 12.1 Å². The van der Waals surface area contributed by atoms with Gasteiger partial charge in [0.15, 0.2) is 0 Å². The summed E-state index contributed by atoms with van der Waals surface area (Å²) in [5.41, 5.74) is 5.31. The topological polar surface area (TPSA) is 32.5 Å². The maximum absolute atomic E-state index is 13.1. The molecule has 1 heterocycles. The molecule has 1 aliphatic rings. The van der Waals surface area contributed by atoms with E-state index in [1.807, 2.05) is 11.9 Å². The molecule has 0 amide bonds. The highest BCUT2D eigenvalue weighted by Crippen LogP contribution is 2.34. The molecule has 21 heavy (non-hydrogen) atoms. The second-order valence-corrected chi connectivity index (χ2v) is 5.86. The van der Waals surface area contributed by atoms with E-state index in [0.717, 1.165) is 32.0 Å². The van der Waals surface area contributed by atoms with Crippen molar-refractivity contribution in [1.29, 1.82) is 0 Å². The molecule has 2 rings (SSSR count). The molecule has 3 nitrogen and oxygen atoms in total. The molecule has 0 spiro atoms. The van der Waals surface area contributed by atoms with Crippen LogP contribution in [0.2, 0.25) is 0 Å². The minimum Gasteiger partial charge on any atom is -0.399 e. The van der Waals surface area contributed by atoms with E-state index in [1.54, 1.807) is 0 Å². The van der Waals surface area contributed by atoms with E-state index < -0.39 is 11.7 Å². The van der Waals surface area contributed by atoms with Crippen molar-refractivity contribution < 1.29 is 13.2 Å². The molecule has 2 N–H and O–H groups in total. The molecule has 1 aliphatic heterocycles. The second-order valence-electron chi connectivity index (χ2n) is 5.86. The lowest BCUT2D eigenvalue weighted by molar-refractivity contribution is -0.138. The summed E-state index contributed by atoms with van der Waals surface area (Å²) in [7, 11) is 3.96. The third-order valence-electron chi connectivity index (χ3n) is 4.17. The molecule has 0 aliphatic carbocycles. The van der Waals surface area contributed by atoms with Crippen molar-refractivity contribution in [2.24, 2.45) is 0 Å². The minimum atomic E-state index is -4.36. The Hall–Kier alpha value is -1.27. The van der Waals surface area contributed by atoms with Crippen LogP contribution in [0.1, 0.15) is 24.0 Å². The molecule has 1 aromatic rings. The first-order valence-corrected chi connectivity index (χ1v) is 7.12. The first-order valence-electron chi connectivity index (χ1n) is 7.12. The predicted octanol–water partition coefficient (Wildman–Crippen LogP) is 2.81. The Morgan fingerprint density at radius 3 is 2.48 bits per heavy atom. The van der Waals surface area contributed by atoms with Gasteiger partial charge in [-0.05, 0) is 57.7 Å². The number of piperidine rings is 1. The predicted molar refractivity (Wildman–Crippen MR) is 77.8 cm³/mol. The molecule has 0 saturated carbocycles. The fourth-order valence-corrected chi connectivity index (χ4v) is 2.83. The van der Waals surface area contributed by atoms with Gasteiger partial charge < -0.3 is 10.6 Å². The van der Waals surface area contributed by atoms with Crippen LogP contribution in [-0.2, 0) is 12.7 Å². The van der Waals surface area contributed by atoms with Crippen LogP contribution in [0.5, 0.6) is 0 Å². The molecule has 0 unspecified atom stereocenters. The van der Waals surface area contributed by atoms with Crippen LogP contribution in [0.25, 0.3) is 0 Å². The van der Waals surface area contributed by atoms with Gasteiger partial charge in [-0.1, -0.05) is 6.07 Å². The van der Waals surface area contributed by atoms with Gasteiger partial charge in [0, 0.05) is 18.3 Å². The summed E-state index contributed by atoms with van der Waals surface area (Å²) >= 11 is 0. The molecule has 0 radical (unpaired) electrons. The van der Waals surface area contributed by atoms with Gasteiger partial charge in [0.05, 0.1) is 5.56 Å².